The molecule has 0 fully saturated rings. The topological polar surface area (TPSA) is 21.3 Å². The summed E-state index contributed by atoms with van der Waals surface area (Å²) in [5.74, 6) is -0.360. The second kappa shape index (κ2) is 6.89. The highest BCUT2D eigenvalue weighted by molar-refractivity contribution is 5.45. The van der Waals surface area contributed by atoms with Gasteiger partial charge < -0.3 is 10.1 Å². The zero-order valence-corrected chi connectivity index (χ0v) is 11.3. The fourth-order valence-electron chi connectivity index (χ4n) is 1.78. The van der Waals surface area contributed by atoms with Gasteiger partial charge in [-0.05, 0) is 37.6 Å². The molecule has 4 heteroatoms. The Morgan fingerprint density at radius 1 is 1.00 bits per heavy atom. The summed E-state index contributed by atoms with van der Waals surface area (Å²) >= 11 is 0. The van der Waals surface area contributed by atoms with Crippen LogP contribution in [0.1, 0.15) is 12.0 Å². The zero-order chi connectivity index (χ0) is 14.4. The summed E-state index contributed by atoms with van der Waals surface area (Å²) in [6.45, 7) is 2.95. The molecule has 2 nitrogen and oxygen atoms in total. The lowest BCUT2D eigenvalue weighted by atomic mass is 10.2. The third kappa shape index (κ3) is 3.95. The predicted molar refractivity (Wildman–Crippen MR) is 76.1 cm³/mol. The van der Waals surface area contributed by atoms with Gasteiger partial charge in [0.25, 0.3) is 0 Å². The number of hydrogen-bond acceptors (Lipinski definition) is 2. The fraction of sp³-hybridized carbons (Fsp3) is 0.250. The molecule has 0 atom stereocenters. The number of aryl methyl sites for hydroxylation is 1. The highest BCUT2D eigenvalue weighted by Crippen LogP contribution is 2.17. The molecule has 0 radical (unpaired) electrons. The van der Waals surface area contributed by atoms with Crippen LogP contribution < -0.4 is 10.1 Å². The van der Waals surface area contributed by atoms with Gasteiger partial charge in [0.2, 0.25) is 0 Å². The fourth-order valence-corrected chi connectivity index (χ4v) is 1.78. The molecule has 2 aromatic rings. The summed E-state index contributed by atoms with van der Waals surface area (Å²) in [7, 11) is 0. The third-order valence-electron chi connectivity index (χ3n) is 2.88. The highest BCUT2D eigenvalue weighted by atomic mass is 19.1. The van der Waals surface area contributed by atoms with Crippen molar-refractivity contribution < 1.29 is 13.5 Å². The van der Waals surface area contributed by atoms with Gasteiger partial charge in [0.05, 0.1) is 6.61 Å². The van der Waals surface area contributed by atoms with Crippen molar-refractivity contribution in [3.05, 3.63) is 59.7 Å². The standard InChI is InChI=1S/C16H17F2NO/c1-12-6-8-13(9-7-12)20-11-3-10-19-16-14(17)4-2-5-15(16)18/h2,4-9,19H,3,10-11H2,1H3. The zero-order valence-electron chi connectivity index (χ0n) is 11.3. The van der Waals surface area contributed by atoms with E-state index in [1.54, 1.807) is 0 Å². The van der Waals surface area contributed by atoms with Gasteiger partial charge in [0, 0.05) is 6.54 Å². The van der Waals surface area contributed by atoms with Gasteiger partial charge in [-0.3, -0.25) is 0 Å². The lowest BCUT2D eigenvalue weighted by molar-refractivity contribution is 0.315. The van der Waals surface area contributed by atoms with Gasteiger partial charge >= 0.3 is 0 Å². The number of halogens is 2. The van der Waals surface area contributed by atoms with Crippen LogP contribution in [0.3, 0.4) is 0 Å². The molecule has 0 aliphatic heterocycles. The average molecular weight is 277 g/mol. The lowest BCUT2D eigenvalue weighted by Crippen LogP contribution is -2.09. The summed E-state index contributed by atoms with van der Waals surface area (Å²) in [5.41, 5.74) is 1.09. The average Bonchev–Trinajstić information content (AvgIpc) is 2.43. The SMILES string of the molecule is Cc1ccc(OCCCNc2c(F)cccc2F)cc1. The molecule has 2 aromatic carbocycles. The third-order valence-corrected chi connectivity index (χ3v) is 2.88. The Bertz CT molecular complexity index is 535. The van der Waals surface area contributed by atoms with Crippen molar-refractivity contribution >= 4 is 5.69 Å². The molecule has 2 rings (SSSR count). The van der Waals surface area contributed by atoms with Crippen LogP contribution in [-0.2, 0) is 0 Å². The van der Waals surface area contributed by atoms with Crippen molar-refractivity contribution in [3.8, 4) is 5.75 Å². The Morgan fingerprint density at radius 3 is 2.30 bits per heavy atom. The first kappa shape index (κ1) is 14.3. The lowest BCUT2D eigenvalue weighted by Gasteiger charge is -2.09. The first-order valence-corrected chi connectivity index (χ1v) is 6.54. The minimum absolute atomic E-state index is 0.0807. The van der Waals surface area contributed by atoms with E-state index >= 15 is 0 Å². The predicted octanol–water partition coefficient (Wildman–Crippen LogP) is 4.15. The first-order chi connectivity index (χ1) is 9.66. The molecule has 0 bridgehead atoms. The minimum Gasteiger partial charge on any atom is -0.494 e. The maximum absolute atomic E-state index is 13.3. The Balaban J connectivity index is 1.73. The highest BCUT2D eigenvalue weighted by Gasteiger charge is 2.06. The monoisotopic (exact) mass is 277 g/mol. The smallest absolute Gasteiger partial charge is 0.149 e. The number of benzene rings is 2. The van der Waals surface area contributed by atoms with Crippen LogP contribution in [0.25, 0.3) is 0 Å². The molecule has 0 aliphatic rings. The molecule has 0 unspecified atom stereocenters. The van der Waals surface area contributed by atoms with Gasteiger partial charge in [-0.1, -0.05) is 23.8 Å². The maximum atomic E-state index is 13.3. The van der Waals surface area contributed by atoms with Gasteiger partial charge in [-0.15, -0.1) is 0 Å². The van der Waals surface area contributed by atoms with Crippen molar-refractivity contribution in [1.82, 2.24) is 0 Å². The normalized spacial score (nSPS) is 10.3. The summed E-state index contributed by atoms with van der Waals surface area (Å²) < 4.78 is 32.2. The van der Waals surface area contributed by atoms with Gasteiger partial charge in [-0.25, -0.2) is 8.78 Å². The van der Waals surface area contributed by atoms with E-state index in [0.29, 0.717) is 19.6 Å². The Hall–Kier alpha value is -2.10. The molecule has 0 aliphatic carbocycles. The van der Waals surface area contributed by atoms with E-state index in [1.165, 1.54) is 23.8 Å². The largest absolute Gasteiger partial charge is 0.494 e. The number of anilines is 1. The molecule has 20 heavy (non-hydrogen) atoms. The van der Waals surface area contributed by atoms with Crippen LogP contribution in [0, 0.1) is 18.6 Å². The second-order valence-electron chi connectivity index (χ2n) is 4.54. The Labute approximate surface area is 117 Å². The summed E-state index contributed by atoms with van der Waals surface area (Å²) in [6, 6.07) is 11.6. The van der Waals surface area contributed by atoms with E-state index in [-0.39, 0.29) is 5.69 Å². The molecule has 0 spiro atoms. The molecule has 0 aromatic heterocycles. The minimum atomic E-state index is -0.579. The number of rotatable bonds is 6. The van der Waals surface area contributed by atoms with Crippen LogP contribution in [0.4, 0.5) is 14.5 Å². The molecule has 0 amide bonds. The molecule has 0 saturated heterocycles. The Morgan fingerprint density at radius 2 is 1.65 bits per heavy atom. The van der Waals surface area contributed by atoms with E-state index in [2.05, 4.69) is 5.32 Å². The van der Waals surface area contributed by atoms with Crippen molar-refractivity contribution in [2.45, 2.75) is 13.3 Å². The van der Waals surface area contributed by atoms with Gasteiger partial charge in [-0.2, -0.15) is 0 Å². The van der Waals surface area contributed by atoms with Crippen LogP contribution >= 0.6 is 0 Å². The quantitative estimate of drug-likeness (QED) is 0.801. The molecular weight excluding hydrogens is 260 g/mol. The molecule has 0 saturated carbocycles. The van der Waals surface area contributed by atoms with E-state index in [0.717, 1.165) is 5.75 Å². The number of hydrogen-bond donors (Lipinski definition) is 1. The van der Waals surface area contributed by atoms with Crippen molar-refractivity contribution in [2.75, 3.05) is 18.5 Å². The second-order valence-corrected chi connectivity index (χ2v) is 4.54. The molecular formula is C16H17F2NO. The Kier molecular flexibility index (Phi) is 4.93. The summed E-state index contributed by atoms with van der Waals surface area (Å²) in [4.78, 5) is 0. The van der Waals surface area contributed by atoms with Gasteiger partial charge in [0.1, 0.15) is 23.1 Å². The van der Waals surface area contributed by atoms with Crippen molar-refractivity contribution in [2.24, 2.45) is 0 Å². The van der Waals surface area contributed by atoms with E-state index in [1.807, 2.05) is 31.2 Å². The van der Waals surface area contributed by atoms with E-state index in [9.17, 15) is 8.78 Å². The van der Waals surface area contributed by atoms with Crippen LogP contribution in [0.2, 0.25) is 0 Å². The van der Waals surface area contributed by atoms with Crippen molar-refractivity contribution in [3.63, 3.8) is 0 Å². The molecule has 106 valence electrons. The van der Waals surface area contributed by atoms with Crippen LogP contribution in [0.15, 0.2) is 42.5 Å². The van der Waals surface area contributed by atoms with E-state index in [4.69, 9.17) is 4.74 Å². The van der Waals surface area contributed by atoms with E-state index < -0.39 is 11.6 Å². The van der Waals surface area contributed by atoms with Gasteiger partial charge in [0.15, 0.2) is 0 Å². The summed E-state index contributed by atoms with van der Waals surface area (Å²) in [6.07, 6.45) is 0.654. The molecule has 0 heterocycles. The number of nitrogens with one attached hydrogen (secondary N) is 1. The number of ether oxygens (including phenoxy) is 1. The summed E-state index contributed by atoms with van der Waals surface area (Å²) in [5, 5.41) is 2.75. The van der Waals surface area contributed by atoms with Crippen molar-refractivity contribution in [1.29, 1.82) is 0 Å². The number of para-hydroxylation sites is 1. The van der Waals surface area contributed by atoms with Crippen LogP contribution in [0.5, 0.6) is 5.75 Å². The van der Waals surface area contributed by atoms with Crippen LogP contribution in [-0.4, -0.2) is 13.2 Å². The molecule has 1 N–H and O–H groups in total. The first-order valence-electron chi connectivity index (χ1n) is 6.54. The maximum Gasteiger partial charge on any atom is 0.149 e.